The van der Waals surface area contributed by atoms with E-state index in [0.29, 0.717) is 19.3 Å². The third-order valence-corrected chi connectivity index (χ3v) is 5.62. The molecular weight excluding hydrogens is 352 g/mol. The highest BCUT2D eigenvalue weighted by molar-refractivity contribution is 5.37. The molecule has 0 aliphatic carbocycles. The Bertz CT molecular complexity index is 805. The molecule has 0 bridgehead atoms. The molecule has 1 atom stereocenters. The van der Waals surface area contributed by atoms with Crippen LogP contribution in [0.3, 0.4) is 0 Å². The fourth-order valence-electron chi connectivity index (χ4n) is 4.11. The zero-order valence-corrected chi connectivity index (χ0v) is 16.9. The maximum absolute atomic E-state index is 5.59. The zero-order valence-electron chi connectivity index (χ0n) is 16.9. The molecule has 2 aliphatic rings. The van der Waals surface area contributed by atoms with E-state index in [1.165, 1.54) is 23.2 Å². The number of hydrogen-bond acceptors (Lipinski definition) is 6. The molecular formula is C22H30N4O2. The van der Waals surface area contributed by atoms with Gasteiger partial charge >= 0.3 is 0 Å². The maximum Gasteiger partial charge on any atom is 0.145 e. The van der Waals surface area contributed by atoms with Crippen LogP contribution in [0, 0.1) is 0 Å². The summed E-state index contributed by atoms with van der Waals surface area (Å²) in [6.07, 6.45) is 5.39. The highest BCUT2D eigenvalue weighted by Crippen LogP contribution is 2.25. The van der Waals surface area contributed by atoms with Gasteiger partial charge in [0.1, 0.15) is 11.6 Å². The quantitative estimate of drug-likeness (QED) is 0.794. The van der Waals surface area contributed by atoms with Crippen LogP contribution in [-0.4, -0.2) is 41.7 Å². The molecule has 0 saturated carbocycles. The minimum atomic E-state index is 0.339. The fraction of sp³-hybridized carbons (Fsp3) is 0.545. The molecule has 1 N–H and O–H groups in total. The first-order valence-corrected chi connectivity index (χ1v) is 10.3. The van der Waals surface area contributed by atoms with Gasteiger partial charge in [0.25, 0.3) is 0 Å². The van der Waals surface area contributed by atoms with Crippen molar-refractivity contribution in [3.8, 4) is 5.75 Å². The first-order chi connectivity index (χ1) is 13.8. The highest BCUT2D eigenvalue weighted by atomic mass is 16.5. The summed E-state index contributed by atoms with van der Waals surface area (Å²) in [5, 5.41) is 3.49. The van der Waals surface area contributed by atoms with E-state index < -0.39 is 0 Å². The number of ether oxygens (including phenoxy) is 2. The number of hydrogen-bond donors (Lipinski definition) is 1. The lowest BCUT2D eigenvalue weighted by Crippen LogP contribution is -2.31. The van der Waals surface area contributed by atoms with Crippen molar-refractivity contribution in [3.05, 3.63) is 52.6 Å². The smallest absolute Gasteiger partial charge is 0.145 e. The Morgan fingerprint density at radius 1 is 1.32 bits per heavy atom. The van der Waals surface area contributed by atoms with Crippen LogP contribution in [-0.2, 0) is 30.9 Å². The van der Waals surface area contributed by atoms with Gasteiger partial charge < -0.3 is 14.8 Å². The first kappa shape index (κ1) is 19.3. The number of nitrogens with zero attached hydrogens (tertiary/aromatic N) is 3. The number of methoxy groups -OCH3 is 1. The normalized spacial score (nSPS) is 19.6. The second-order valence-corrected chi connectivity index (χ2v) is 7.59. The van der Waals surface area contributed by atoms with E-state index in [1.54, 1.807) is 7.11 Å². The standard InChI is InChI=1S/C22H30N4O2/c1-3-28-15-17-11-16(6-7-21(17)27-2)13-26-10-8-19-18(14-26)12-24-22(25-19)20-5-4-9-23-20/h6-7,11-12,20,23H,3-5,8-10,13-15H2,1-2H3. The van der Waals surface area contributed by atoms with E-state index in [-0.39, 0.29) is 0 Å². The van der Waals surface area contributed by atoms with Crippen LogP contribution in [0.15, 0.2) is 24.4 Å². The van der Waals surface area contributed by atoms with Crippen molar-refractivity contribution in [1.82, 2.24) is 20.2 Å². The van der Waals surface area contributed by atoms with Crippen molar-refractivity contribution in [2.24, 2.45) is 0 Å². The topological polar surface area (TPSA) is 59.5 Å². The molecule has 2 aromatic rings. The molecule has 1 aromatic carbocycles. The molecule has 0 radical (unpaired) electrons. The Labute approximate surface area is 167 Å². The summed E-state index contributed by atoms with van der Waals surface area (Å²) in [6, 6.07) is 6.74. The summed E-state index contributed by atoms with van der Waals surface area (Å²) in [6.45, 7) is 7.21. The number of benzene rings is 1. The maximum atomic E-state index is 5.59. The Morgan fingerprint density at radius 3 is 3.04 bits per heavy atom. The van der Waals surface area contributed by atoms with Gasteiger partial charge in [-0.15, -0.1) is 0 Å². The Hall–Kier alpha value is -2.02. The summed E-state index contributed by atoms with van der Waals surface area (Å²) in [5.74, 6) is 1.86. The van der Waals surface area contributed by atoms with Crippen molar-refractivity contribution in [2.75, 3.05) is 26.8 Å². The van der Waals surface area contributed by atoms with Crippen LogP contribution < -0.4 is 10.1 Å². The molecule has 2 aliphatic heterocycles. The average molecular weight is 383 g/mol. The largest absolute Gasteiger partial charge is 0.496 e. The van der Waals surface area contributed by atoms with Crippen LogP contribution in [0.5, 0.6) is 5.75 Å². The fourth-order valence-corrected chi connectivity index (χ4v) is 4.11. The zero-order chi connectivity index (χ0) is 19.3. The van der Waals surface area contributed by atoms with Gasteiger partial charge in [0.2, 0.25) is 0 Å². The van der Waals surface area contributed by atoms with E-state index in [4.69, 9.17) is 14.5 Å². The van der Waals surface area contributed by atoms with Gasteiger partial charge in [0.05, 0.1) is 19.8 Å². The minimum Gasteiger partial charge on any atom is -0.496 e. The predicted octanol–water partition coefficient (Wildman–Crippen LogP) is 3.00. The molecule has 1 saturated heterocycles. The summed E-state index contributed by atoms with van der Waals surface area (Å²) in [5.41, 5.74) is 4.88. The van der Waals surface area contributed by atoms with Gasteiger partial charge in [-0.2, -0.15) is 0 Å². The lowest BCUT2D eigenvalue weighted by molar-refractivity contribution is 0.132. The Morgan fingerprint density at radius 2 is 2.25 bits per heavy atom. The second-order valence-electron chi connectivity index (χ2n) is 7.59. The van der Waals surface area contributed by atoms with Gasteiger partial charge in [-0.3, -0.25) is 4.90 Å². The summed E-state index contributed by atoms with van der Waals surface area (Å²) in [7, 11) is 1.71. The molecule has 150 valence electrons. The van der Waals surface area contributed by atoms with Crippen LogP contribution >= 0.6 is 0 Å². The van der Waals surface area contributed by atoms with Crippen LogP contribution in [0.2, 0.25) is 0 Å². The molecule has 0 amide bonds. The molecule has 1 unspecified atom stereocenters. The van der Waals surface area contributed by atoms with Gasteiger partial charge in [0, 0.05) is 55.7 Å². The highest BCUT2D eigenvalue weighted by Gasteiger charge is 2.23. The van der Waals surface area contributed by atoms with Crippen molar-refractivity contribution >= 4 is 0 Å². The number of aromatic nitrogens is 2. The third kappa shape index (κ3) is 4.35. The van der Waals surface area contributed by atoms with E-state index in [2.05, 4.69) is 27.3 Å². The van der Waals surface area contributed by atoms with Crippen LogP contribution in [0.4, 0.5) is 0 Å². The van der Waals surface area contributed by atoms with Gasteiger partial charge in [-0.25, -0.2) is 9.97 Å². The monoisotopic (exact) mass is 382 g/mol. The molecule has 3 heterocycles. The molecule has 28 heavy (non-hydrogen) atoms. The van der Waals surface area contributed by atoms with Crippen molar-refractivity contribution in [3.63, 3.8) is 0 Å². The number of rotatable bonds is 7. The predicted molar refractivity (Wildman–Crippen MR) is 108 cm³/mol. The van der Waals surface area contributed by atoms with Crippen molar-refractivity contribution in [2.45, 2.75) is 51.9 Å². The lowest BCUT2D eigenvalue weighted by Gasteiger charge is -2.28. The van der Waals surface area contributed by atoms with Crippen molar-refractivity contribution < 1.29 is 9.47 Å². The van der Waals surface area contributed by atoms with E-state index in [1.807, 2.05) is 19.2 Å². The molecule has 0 spiro atoms. The number of fused-ring (bicyclic) bond motifs is 1. The Kier molecular flexibility index (Phi) is 6.20. The van der Waals surface area contributed by atoms with Crippen LogP contribution in [0.1, 0.15) is 54.0 Å². The van der Waals surface area contributed by atoms with Gasteiger partial charge in [-0.05, 0) is 44.0 Å². The van der Waals surface area contributed by atoms with Gasteiger partial charge in [-0.1, -0.05) is 6.07 Å². The summed E-state index contributed by atoms with van der Waals surface area (Å²) >= 11 is 0. The van der Waals surface area contributed by atoms with Crippen LogP contribution in [0.25, 0.3) is 0 Å². The summed E-state index contributed by atoms with van der Waals surface area (Å²) < 4.78 is 11.1. The van der Waals surface area contributed by atoms with Crippen molar-refractivity contribution in [1.29, 1.82) is 0 Å². The molecule has 4 rings (SSSR count). The molecule has 6 heteroatoms. The molecule has 1 aromatic heterocycles. The number of nitrogens with one attached hydrogen (secondary N) is 1. The van der Waals surface area contributed by atoms with E-state index >= 15 is 0 Å². The van der Waals surface area contributed by atoms with E-state index in [9.17, 15) is 0 Å². The van der Waals surface area contributed by atoms with Gasteiger partial charge in [0.15, 0.2) is 0 Å². The average Bonchev–Trinajstić information content (AvgIpc) is 3.27. The van der Waals surface area contributed by atoms with E-state index in [0.717, 1.165) is 56.2 Å². The Balaban J connectivity index is 1.43. The molecule has 6 nitrogen and oxygen atoms in total. The summed E-state index contributed by atoms with van der Waals surface area (Å²) in [4.78, 5) is 12.0. The third-order valence-electron chi connectivity index (χ3n) is 5.62. The molecule has 1 fully saturated rings. The SMILES string of the molecule is CCOCc1cc(CN2CCc3nc(C4CCCN4)ncc3C2)ccc1OC. The second kappa shape index (κ2) is 8.99. The first-order valence-electron chi connectivity index (χ1n) is 10.3. The minimum absolute atomic E-state index is 0.339. The lowest BCUT2D eigenvalue weighted by atomic mass is 10.0.